The van der Waals surface area contributed by atoms with Crippen LogP contribution in [0, 0.1) is 6.92 Å². The molecular formula is C24H23NO4S. The minimum atomic E-state index is -0.606. The first-order valence-electron chi connectivity index (χ1n) is 9.57. The van der Waals surface area contributed by atoms with Crippen LogP contribution >= 0.6 is 11.8 Å². The Balaban J connectivity index is 1.43. The van der Waals surface area contributed by atoms with Crippen LogP contribution in [0.15, 0.2) is 83.8 Å². The largest absolute Gasteiger partial charge is 0.456 e. The van der Waals surface area contributed by atoms with Gasteiger partial charge in [-0.25, -0.2) is 4.79 Å². The van der Waals surface area contributed by atoms with Crippen LogP contribution in [-0.2, 0) is 9.53 Å². The molecule has 1 N–H and O–H groups in total. The van der Waals surface area contributed by atoms with E-state index in [1.54, 1.807) is 48.2 Å². The lowest BCUT2D eigenvalue weighted by atomic mass is 10.2. The number of rotatable bonds is 9. The number of nitrogens with one attached hydrogen (secondary N) is 1. The van der Waals surface area contributed by atoms with Crippen LogP contribution in [0.4, 0.5) is 0 Å². The Hall–Kier alpha value is -3.25. The number of benzene rings is 3. The number of para-hydroxylation sites is 2. The minimum Gasteiger partial charge on any atom is -0.456 e. The number of thioether (sulfide) groups is 1. The first-order chi connectivity index (χ1) is 14.6. The Morgan fingerprint density at radius 2 is 1.60 bits per heavy atom. The van der Waals surface area contributed by atoms with Crippen LogP contribution in [0.3, 0.4) is 0 Å². The number of ether oxygens (including phenoxy) is 2. The smallest absolute Gasteiger partial charge is 0.342 e. The van der Waals surface area contributed by atoms with Crippen LogP contribution in [-0.4, -0.2) is 30.8 Å². The lowest BCUT2D eigenvalue weighted by Crippen LogP contribution is -2.30. The van der Waals surface area contributed by atoms with Gasteiger partial charge in [0, 0.05) is 17.2 Å². The molecule has 0 aliphatic heterocycles. The fraction of sp³-hybridized carbons (Fsp3) is 0.167. The summed E-state index contributed by atoms with van der Waals surface area (Å²) in [5.41, 5.74) is 1.48. The SMILES string of the molecule is Cc1ccc(SCCNC(=O)COC(=O)c2ccccc2Oc2ccccc2)cc1. The number of amides is 1. The van der Waals surface area contributed by atoms with E-state index in [0.717, 1.165) is 10.6 Å². The third-order valence-electron chi connectivity index (χ3n) is 4.13. The second-order valence-corrected chi connectivity index (χ2v) is 7.67. The van der Waals surface area contributed by atoms with E-state index in [9.17, 15) is 9.59 Å². The molecule has 0 aliphatic rings. The maximum atomic E-state index is 12.4. The average Bonchev–Trinajstić information content (AvgIpc) is 2.77. The molecule has 0 unspecified atom stereocenters. The molecule has 1 amide bonds. The van der Waals surface area contributed by atoms with Gasteiger partial charge in [-0.3, -0.25) is 4.79 Å². The van der Waals surface area contributed by atoms with E-state index in [0.29, 0.717) is 18.0 Å². The Morgan fingerprint density at radius 3 is 2.37 bits per heavy atom. The number of esters is 1. The van der Waals surface area contributed by atoms with E-state index in [4.69, 9.17) is 9.47 Å². The summed E-state index contributed by atoms with van der Waals surface area (Å²) < 4.78 is 10.9. The van der Waals surface area contributed by atoms with Gasteiger partial charge in [-0.05, 0) is 43.3 Å². The third-order valence-corrected chi connectivity index (χ3v) is 5.14. The van der Waals surface area contributed by atoms with E-state index >= 15 is 0 Å². The molecule has 3 aromatic carbocycles. The molecule has 0 saturated heterocycles. The number of carbonyl (C=O) groups is 2. The van der Waals surface area contributed by atoms with Gasteiger partial charge in [0.2, 0.25) is 0 Å². The van der Waals surface area contributed by atoms with Gasteiger partial charge in [0.25, 0.3) is 5.91 Å². The highest BCUT2D eigenvalue weighted by Gasteiger charge is 2.15. The van der Waals surface area contributed by atoms with Gasteiger partial charge in [-0.2, -0.15) is 0 Å². The summed E-state index contributed by atoms with van der Waals surface area (Å²) >= 11 is 1.66. The van der Waals surface area contributed by atoms with Gasteiger partial charge in [0.05, 0.1) is 0 Å². The van der Waals surface area contributed by atoms with Crippen LogP contribution in [0.25, 0.3) is 0 Å². The van der Waals surface area contributed by atoms with Crippen molar-refractivity contribution in [3.63, 3.8) is 0 Å². The monoisotopic (exact) mass is 421 g/mol. The fourth-order valence-electron chi connectivity index (χ4n) is 2.59. The summed E-state index contributed by atoms with van der Waals surface area (Å²) in [4.78, 5) is 25.5. The molecule has 6 heteroatoms. The summed E-state index contributed by atoms with van der Waals surface area (Å²) in [5, 5.41) is 2.76. The van der Waals surface area contributed by atoms with Crippen LogP contribution < -0.4 is 10.1 Å². The van der Waals surface area contributed by atoms with E-state index in [2.05, 4.69) is 29.6 Å². The zero-order chi connectivity index (χ0) is 21.2. The molecule has 0 saturated carbocycles. The van der Waals surface area contributed by atoms with Crippen molar-refractivity contribution in [2.45, 2.75) is 11.8 Å². The second kappa shape index (κ2) is 11.1. The molecule has 5 nitrogen and oxygen atoms in total. The molecule has 0 radical (unpaired) electrons. The first kappa shape index (κ1) is 21.5. The summed E-state index contributed by atoms with van der Waals surface area (Å²) in [5.74, 6) is 0.779. The maximum Gasteiger partial charge on any atom is 0.342 e. The van der Waals surface area contributed by atoms with Crippen molar-refractivity contribution in [3.05, 3.63) is 90.0 Å². The summed E-state index contributed by atoms with van der Waals surface area (Å²) in [6, 6.07) is 24.2. The molecular weight excluding hydrogens is 398 g/mol. The molecule has 0 bridgehead atoms. The van der Waals surface area contributed by atoms with Crippen molar-refractivity contribution in [1.82, 2.24) is 5.32 Å². The number of aryl methyl sites for hydroxylation is 1. The maximum absolute atomic E-state index is 12.4. The highest BCUT2D eigenvalue weighted by atomic mass is 32.2. The van der Waals surface area contributed by atoms with Gasteiger partial charge < -0.3 is 14.8 Å². The Morgan fingerprint density at radius 1 is 0.900 bits per heavy atom. The van der Waals surface area contributed by atoms with Crippen molar-refractivity contribution < 1.29 is 19.1 Å². The average molecular weight is 422 g/mol. The van der Waals surface area contributed by atoms with Crippen LogP contribution in [0.2, 0.25) is 0 Å². The molecule has 0 aromatic heterocycles. The standard InChI is InChI=1S/C24H23NO4S/c1-18-11-13-20(14-12-18)30-16-15-25-23(26)17-28-24(27)21-9-5-6-10-22(21)29-19-7-3-2-4-8-19/h2-14H,15-17H2,1H3,(H,25,26). The lowest BCUT2D eigenvalue weighted by molar-refractivity contribution is -0.124. The summed E-state index contributed by atoms with van der Waals surface area (Å²) in [7, 11) is 0. The zero-order valence-electron chi connectivity index (χ0n) is 16.7. The number of hydrogen-bond acceptors (Lipinski definition) is 5. The molecule has 0 spiro atoms. The van der Waals surface area contributed by atoms with E-state index in [1.807, 2.05) is 25.1 Å². The van der Waals surface area contributed by atoms with Gasteiger partial charge in [0.15, 0.2) is 6.61 Å². The van der Waals surface area contributed by atoms with Crippen molar-refractivity contribution in [1.29, 1.82) is 0 Å². The van der Waals surface area contributed by atoms with E-state index in [-0.39, 0.29) is 18.1 Å². The first-order valence-corrected chi connectivity index (χ1v) is 10.6. The Bertz CT molecular complexity index is 974. The molecule has 30 heavy (non-hydrogen) atoms. The molecule has 3 aromatic rings. The van der Waals surface area contributed by atoms with Crippen molar-refractivity contribution >= 4 is 23.6 Å². The molecule has 0 atom stereocenters. The van der Waals surface area contributed by atoms with E-state index < -0.39 is 5.97 Å². The predicted molar refractivity (Wildman–Crippen MR) is 118 cm³/mol. The Labute approximate surface area is 180 Å². The van der Waals surface area contributed by atoms with Gasteiger partial charge in [-0.1, -0.05) is 48.0 Å². The summed E-state index contributed by atoms with van der Waals surface area (Å²) in [6.45, 7) is 2.19. The highest BCUT2D eigenvalue weighted by molar-refractivity contribution is 7.99. The highest BCUT2D eigenvalue weighted by Crippen LogP contribution is 2.25. The van der Waals surface area contributed by atoms with Crippen molar-refractivity contribution in [2.24, 2.45) is 0 Å². The minimum absolute atomic E-state index is 0.268. The molecule has 3 rings (SSSR count). The van der Waals surface area contributed by atoms with Crippen molar-refractivity contribution in [2.75, 3.05) is 18.9 Å². The summed E-state index contributed by atoms with van der Waals surface area (Å²) in [6.07, 6.45) is 0. The van der Waals surface area contributed by atoms with Crippen LogP contribution in [0.5, 0.6) is 11.5 Å². The van der Waals surface area contributed by atoms with E-state index in [1.165, 1.54) is 5.56 Å². The zero-order valence-corrected chi connectivity index (χ0v) is 17.5. The van der Waals surface area contributed by atoms with Gasteiger partial charge >= 0.3 is 5.97 Å². The van der Waals surface area contributed by atoms with Crippen LogP contribution in [0.1, 0.15) is 15.9 Å². The second-order valence-electron chi connectivity index (χ2n) is 6.50. The number of hydrogen-bond donors (Lipinski definition) is 1. The lowest BCUT2D eigenvalue weighted by Gasteiger charge is -2.11. The van der Waals surface area contributed by atoms with Crippen molar-refractivity contribution in [3.8, 4) is 11.5 Å². The Kier molecular flexibility index (Phi) is 7.92. The topological polar surface area (TPSA) is 64.6 Å². The quantitative estimate of drug-likeness (QED) is 0.304. The molecule has 154 valence electrons. The molecule has 0 heterocycles. The molecule has 0 aliphatic carbocycles. The molecule has 0 fully saturated rings. The van der Waals surface area contributed by atoms with Gasteiger partial charge in [0.1, 0.15) is 17.1 Å². The fourth-order valence-corrected chi connectivity index (χ4v) is 3.36. The van der Waals surface area contributed by atoms with Gasteiger partial charge in [-0.15, -0.1) is 11.8 Å². The third kappa shape index (κ3) is 6.67. The number of carbonyl (C=O) groups excluding carboxylic acids is 2. The normalized spacial score (nSPS) is 10.3. The predicted octanol–water partition coefficient (Wildman–Crippen LogP) is 4.85.